The number of aryl methyl sites for hydroxylation is 1. The van der Waals surface area contributed by atoms with Gasteiger partial charge < -0.3 is 10.6 Å². The van der Waals surface area contributed by atoms with Crippen molar-refractivity contribution < 1.29 is 8.42 Å². The third-order valence-electron chi connectivity index (χ3n) is 3.35. The van der Waals surface area contributed by atoms with E-state index in [9.17, 15) is 8.42 Å². The summed E-state index contributed by atoms with van der Waals surface area (Å²) < 4.78 is 26.9. The van der Waals surface area contributed by atoms with Gasteiger partial charge in [-0.1, -0.05) is 12.1 Å². The van der Waals surface area contributed by atoms with Gasteiger partial charge in [0.05, 0.1) is 4.90 Å². The largest absolute Gasteiger partial charge is 0.330 e. The first-order chi connectivity index (χ1) is 9.36. The zero-order chi connectivity index (χ0) is 15.2. The highest BCUT2D eigenvalue weighted by atomic mass is 32.2. The van der Waals surface area contributed by atoms with Crippen LogP contribution in [-0.4, -0.2) is 46.5 Å². The average Bonchev–Trinajstić information content (AvgIpc) is 2.43. The maximum absolute atomic E-state index is 12.1. The normalized spacial score (nSPS) is 13.7. The first-order valence-corrected chi connectivity index (χ1v) is 8.30. The third-order valence-corrected chi connectivity index (χ3v) is 4.79. The van der Waals surface area contributed by atoms with Crippen molar-refractivity contribution in [1.82, 2.24) is 9.62 Å². The third kappa shape index (κ3) is 5.20. The molecule has 3 N–H and O–H groups in total. The summed E-state index contributed by atoms with van der Waals surface area (Å²) >= 11 is 0. The number of rotatable bonds is 8. The van der Waals surface area contributed by atoms with Gasteiger partial charge in [0.2, 0.25) is 10.0 Å². The Balaban J connectivity index is 2.68. The molecule has 1 aromatic rings. The zero-order valence-electron chi connectivity index (χ0n) is 12.5. The van der Waals surface area contributed by atoms with Crippen molar-refractivity contribution in [2.75, 3.05) is 27.2 Å². The molecule has 114 valence electrons. The molecule has 0 saturated carbocycles. The molecule has 0 aliphatic rings. The van der Waals surface area contributed by atoms with E-state index in [1.807, 2.05) is 38.1 Å². The molecule has 0 aliphatic carbocycles. The van der Waals surface area contributed by atoms with Crippen LogP contribution in [0.15, 0.2) is 29.2 Å². The van der Waals surface area contributed by atoms with Gasteiger partial charge in [-0.05, 0) is 58.1 Å². The zero-order valence-corrected chi connectivity index (χ0v) is 13.3. The molecule has 0 fully saturated rings. The summed E-state index contributed by atoms with van der Waals surface area (Å²) in [7, 11) is 0.416. The van der Waals surface area contributed by atoms with Gasteiger partial charge in [-0.15, -0.1) is 0 Å². The second-order valence-electron chi connectivity index (χ2n) is 5.20. The van der Waals surface area contributed by atoms with Crippen LogP contribution in [0.4, 0.5) is 0 Å². The molecule has 0 heterocycles. The Morgan fingerprint density at radius 3 is 2.35 bits per heavy atom. The molecule has 20 heavy (non-hydrogen) atoms. The fourth-order valence-electron chi connectivity index (χ4n) is 1.64. The van der Waals surface area contributed by atoms with Crippen LogP contribution in [0.25, 0.3) is 0 Å². The Labute approximate surface area is 122 Å². The lowest BCUT2D eigenvalue weighted by molar-refractivity contribution is 0.314. The lowest BCUT2D eigenvalue weighted by Crippen LogP contribution is -2.38. The van der Waals surface area contributed by atoms with E-state index in [0.717, 1.165) is 18.4 Å². The van der Waals surface area contributed by atoms with Gasteiger partial charge >= 0.3 is 0 Å². The van der Waals surface area contributed by atoms with Gasteiger partial charge in [-0.2, -0.15) is 0 Å². The summed E-state index contributed by atoms with van der Waals surface area (Å²) in [6.07, 6.45) is 1.78. The summed E-state index contributed by atoms with van der Waals surface area (Å²) in [5.74, 6) is 0. The summed E-state index contributed by atoms with van der Waals surface area (Å²) in [4.78, 5) is 2.28. The molecule has 1 atom stereocenters. The highest BCUT2D eigenvalue weighted by molar-refractivity contribution is 7.89. The smallest absolute Gasteiger partial charge is 0.240 e. The van der Waals surface area contributed by atoms with E-state index in [1.165, 1.54) is 0 Å². The number of nitrogens with one attached hydrogen (secondary N) is 1. The Morgan fingerprint density at radius 2 is 1.85 bits per heavy atom. The van der Waals surface area contributed by atoms with E-state index in [2.05, 4.69) is 4.72 Å². The molecule has 0 bridgehead atoms. The first kappa shape index (κ1) is 17.1. The van der Waals surface area contributed by atoms with E-state index in [0.29, 0.717) is 18.0 Å². The second kappa shape index (κ2) is 7.73. The molecule has 0 radical (unpaired) electrons. The van der Waals surface area contributed by atoms with Crippen LogP contribution in [0.3, 0.4) is 0 Å². The Hall–Kier alpha value is -0.950. The van der Waals surface area contributed by atoms with Gasteiger partial charge in [0.1, 0.15) is 0 Å². The molecular weight excluding hydrogens is 274 g/mol. The molecule has 1 rings (SSSR count). The summed E-state index contributed by atoms with van der Waals surface area (Å²) in [6, 6.07) is 7.14. The van der Waals surface area contributed by atoms with Crippen LogP contribution in [-0.2, 0) is 16.4 Å². The van der Waals surface area contributed by atoms with Crippen LogP contribution < -0.4 is 10.5 Å². The molecule has 1 aromatic carbocycles. The molecule has 6 heteroatoms. The fourth-order valence-corrected chi connectivity index (χ4v) is 2.76. The van der Waals surface area contributed by atoms with E-state index >= 15 is 0 Å². The van der Waals surface area contributed by atoms with Gasteiger partial charge in [0, 0.05) is 12.6 Å². The van der Waals surface area contributed by atoms with E-state index < -0.39 is 10.0 Å². The van der Waals surface area contributed by atoms with E-state index in [1.54, 1.807) is 12.1 Å². The number of nitrogens with two attached hydrogens (primary N) is 1. The topological polar surface area (TPSA) is 75.4 Å². The van der Waals surface area contributed by atoms with Crippen molar-refractivity contribution in [2.45, 2.75) is 30.7 Å². The van der Waals surface area contributed by atoms with Crippen LogP contribution in [0, 0.1) is 0 Å². The van der Waals surface area contributed by atoms with Crippen molar-refractivity contribution in [3.8, 4) is 0 Å². The molecule has 0 spiro atoms. The molecule has 0 aromatic heterocycles. The fraction of sp³-hybridized carbons (Fsp3) is 0.571. The average molecular weight is 299 g/mol. The number of nitrogens with zero attached hydrogens (tertiary/aromatic N) is 1. The van der Waals surface area contributed by atoms with Crippen molar-refractivity contribution in [1.29, 1.82) is 0 Å². The summed E-state index contributed by atoms with van der Waals surface area (Å²) in [6.45, 7) is 3.01. The Kier molecular flexibility index (Phi) is 6.61. The molecule has 0 aliphatic heterocycles. The predicted octanol–water partition coefficient (Wildman–Crippen LogP) is 0.806. The van der Waals surface area contributed by atoms with Crippen molar-refractivity contribution in [3.63, 3.8) is 0 Å². The van der Waals surface area contributed by atoms with Crippen LogP contribution in [0.2, 0.25) is 0 Å². The molecule has 1 unspecified atom stereocenters. The molecule has 5 nitrogen and oxygen atoms in total. The minimum Gasteiger partial charge on any atom is -0.330 e. The van der Waals surface area contributed by atoms with E-state index in [-0.39, 0.29) is 6.04 Å². The van der Waals surface area contributed by atoms with Crippen molar-refractivity contribution >= 4 is 10.0 Å². The standard InChI is InChI=1S/C14H25N3O2S/c1-12(17(2)3)11-16-20(18,19)14-8-6-13(7-9-14)5-4-10-15/h6-9,12,16H,4-5,10-11,15H2,1-3H3. The number of likely N-dealkylation sites (N-methyl/N-ethyl adjacent to an activating group) is 1. The summed E-state index contributed by atoms with van der Waals surface area (Å²) in [5.41, 5.74) is 6.57. The lowest BCUT2D eigenvalue weighted by Gasteiger charge is -2.20. The van der Waals surface area contributed by atoms with Gasteiger partial charge in [0.15, 0.2) is 0 Å². The van der Waals surface area contributed by atoms with Gasteiger partial charge in [-0.3, -0.25) is 0 Å². The number of sulfonamides is 1. The summed E-state index contributed by atoms with van der Waals surface area (Å²) in [5, 5.41) is 0. The Bertz CT molecular complexity index is 498. The highest BCUT2D eigenvalue weighted by Crippen LogP contribution is 2.11. The first-order valence-electron chi connectivity index (χ1n) is 6.82. The molecular formula is C14H25N3O2S. The SMILES string of the molecule is CC(CNS(=O)(=O)c1ccc(CCCN)cc1)N(C)C. The number of hydrogen-bond donors (Lipinski definition) is 2. The van der Waals surface area contributed by atoms with Gasteiger partial charge in [0.25, 0.3) is 0 Å². The monoisotopic (exact) mass is 299 g/mol. The van der Waals surface area contributed by atoms with Crippen LogP contribution in [0.1, 0.15) is 18.9 Å². The molecule has 0 saturated heterocycles. The minimum atomic E-state index is -3.43. The van der Waals surface area contributed by atoms with Crippen molar-refractivity contribution in [2.24, 2.45) is 5.73 Å². The lowest BCUT2D eigenvalue weighted by atomic mass is 10.1. The van der Waals surface area contributed by atoms with Crippen molar-refractivity contribution in [3.05, 3.63) is 29.8 Å². The van der Waals surface area contributed by atoms with Crippen LogP contribution in [0.5, 0.6) is 0 Å². The molecule has 0 amide bonds. The minimum absolute atomic E-state index is 0.147. The maximum Gasteiger partial charge on any atom is 0.240 e. The van der Waals surface area contributed by atoms with E-state index in [4.69, 9.17) is 5.73 Å². The number of hydrogen-bond acceptors (Lipinski definition) is 4. The number of benzene rings is 1. The second-order valence-corrected chi connectivity index (χ2v) is 6.97. The van der Waals surface area contributed by atoms with Gasteiger partial charge in [-0.25, -0.2) is 13.1 Å². The predicted molar refractivity (Wildman–Crippen MR) is 82.2 cm³/mol. The maximum atomic E-state index is 12.1. The van der Waals surface area contributed by atoms with Crippen LogP contribution >= 0.6 is 0 Å². The highest BCUT2D eigenvalue weighted by Gasteiger charge is 2.15. The quantitative estimate of drug-likeness (QED) is 0.745. The Morgan fingerprint density at radius 1 is 1.25 bits per heavy atom.